The van der Waals surface area contributed by atoms with Gasteiger partial charge in [0.1, 0.15) is 4.90 Å². The van der Waals surface area contributed by atoms with E-state index in [-0.39, 0.29) is 11.3 Å². The number of carbonyl (C=O) groups is 1. The SMILES string of the molecule is Cc1ccc(CC(=O)NS(=O)(=O)c2cnc3ccsc3c2)cc1. The predicted molar refractivity (Wildman–Crippen MR) is 89.8 cm³/mol. The fourth-order valence-corrected chi connectivity index (χ4v) is 3.92. The minimum Gasteiger partial charge on any atom is -0.274 e. The Labute approximate surface area is 138 Å². The van der Waals surface area contributed by atoms with Crippen molar-refractivity contribution < 1.29 is 13.2 Å². The van der Waals surface area contributed by atoms with E-state index in [0.29, 0.717) is 0 Å². The molecule has 0 atom stereocenters. The van der Waals surface area contributed by atoms with Crippen LogP contribution in [0.1, 0.15) is 11.1 Å². The average Bonchev–Trinajstić information content (AvgIpc) is 2.96. The molecule has 23 heavy (non-hydrogen) atoms. The number of aryl methyl sites for hydroxylation is 1. The summed E-state index contributed by atoms with van der Waals surface area (Å²) in [5, 5.41) is 1.84. The molecule has 0 aliphatic carbocycles. The van der Waals surface area contributed by atoms with Gasteiger partial charge < -0.3 is 0 Å². The molecule has 0 radical (unpaired) electrons. The van der Waals surface area contributed by atoms with Crippen molar-refractivity contribution >= 4 is 37.5 Å². The molecule has 2 aromatic heterocycles. The highest BCUT2D eigenvalue weighted by atomic mass is 32.2. The summed E-state index contributed by atoms with van der Waals surface area (Å²) in [6.45, 7) is 1.95. The van der Waals surface area contributed by atoms with Crippen molar-refractivity contribution in [3.63, 3.8) is 0 Å². The molecule has 2 heterocycles. The van der Waals surface area contributed by atoms with E-state index in [0.717, 1.165) is 21.3 Å². The quantitative estimate of drug-likeness (QED) is 0.788. The van der Waals surface area contributed by atoms with E-state index in [4.69, 9.17) is 0 Å². The zero-order chi connectivity index (χ0) is 16.4. The minimum atomic E-state index is -3.91. The van der Waals surface area contributed by atoms with Gasteiger partial charge in [0.2, 0.25) is 5.91 Å². The zero-order valence-corrected chi connectivity index (χ0v) is 13.9. The number of fused-ring (bicyclic) bond motifs is 1. The van der Waals surface area contributed by atoms with Crippen LogP contribution in [0.4, 0.5) is 0 Å². The Kier molecular flexibility index (Phi) is 4.14. The van der Waals surface area contributed by atoms with Crippen LogP contribution in [0.5, 0.6) is 0 Å². The van der Waals surface area contributed by atoms with E-state index in [2.05, 4.69) is 9.71 Å². The third-order valence-electron chi connectivity index (χ3n) is 3.32. The number of hydrogen-bond acceptors (Lipinski definition) is 5. The molecule has 0 aliphatic rings. The fraction of sp³-hybridized carbons (Fsp3) is 0.125. The lowest BCUT2D eigenvalue weighted by Crippen LogP contribution is -2.31. The lowest BCUT2D eigenvalue weighted by Gasteiger charge is -2.07. The first-order valence-electron chi connectivity index (χ1n) is 6.88. The fourth-order valence-electron chi connectivity index (χ4n) is 2.11. The molecule has 0 saturated carbocycles. The second-order valence-corrected chi connectivity index (χ2v) is 7.80. The summed E-state index contributed by atoms with van der Waals surface area (Å²) in [5.41, 5.74) is 2.58. The number of amides is 1. The van der Waals surface area contributed by atoms with E-state index in [9.17, 15) is 13.2 Å². The van der Waals surface area contributed by atoms with Crippen molar-refractivity contribution in [1.82, 2.24) is 9.71 Å². The van der Waals surface area contributed by atoms with Crippen LogP contribution in [0.3, 0.4) is 0 Å². The van der Waals surface area contributed by atoms with E-state index in [1.54, 1.807) is 12.1 Å². The maximum atomic E-state index is 12.3. The van der Waals surface area contributed by atoms with Crippen molar-refractivity contribution in [1.29, 1.82) is 0 Å². The predicted octanol–water partition coefficient (Wildman–Crippen LogP) is 2.65. The third-order valence-corrected chi connectivity index (χ3v) is 5.51. The van der Waals surface area contributed by atoms with E-state index in [1.165, 1.54) is 23.6 Å². The van der Waals surface area contributed by atoms with Gasteiger partial charge in [0.05, 0.1) is 16.6 Å². The number of carbonyl (C=O) groups excluding carboxylic acids is 1. The summed E-state index contributed by atoms with van der Waals surface area (Å²) in [6, 6.07) is 10.7. The molecule has 3 rings (SSSR count). The standard InChI is InChI=1S/C16H14N2O3S2/c1-11-2-4-12(5-3-11)8-16(19)18-23(20,21)13-9-15-14(17-10-13)6-7-22-15/h2-7,9-10H,8H2,1H3,(H,18,19). The van der Waals surface area contributed by atoms with Gasteiger partial charge in [0, 0.05) is 6.20 Å². The van der Waals surface area contributed by atoms with Gasteiger partial charge in [-0.3, -0.25) is 9.78 Å². The largest absolute Gasteiger partial charge is 0.274 e. The first-order valence-corrected chi connectivity index (χ1v) is 9.25. The highest BCUT2D eigenvalue weighted by Crippen LogP contribution is 2.21. The van der Waals surface area contributed by atoms with E-state index in [1.807, 2.05) is 30.5 Å². The van der Waals surface area contributed by atoms with Crippen LogP contribution in [-0.2, 0) is 21.2 Å². The number of rotatable bonds is 4. The first kappa shape index (κ1) is 15.6. The monoisotopic (exact) mass is 346 g/mol. The van der Waals surface area contributed by atoms with Gasteiger partial charge in [-0.1, -0.05) is 29.8 Å². The van der Waals surface area contributed by atoms with Crippen LogP contribution < -0.4 is 4.72 Å². The topological polar surface area (TPSA) is 76.1 Å². The summed E-state index contributed by atoms with van der Waals surface area (Å²) in [4.78, 5) is 16.1. The van der Waals surface area contributed by atoms with Gasteiger partial charge in [-0.05, 0) is 30.0 Å². The van der Waals surface area contributed by atoms with Gasteiger partial charge in [0.25, 0.3) is 10.0 Å². The Morgan fingerprint density at radius 1 is 1.22 bits per heavy atom. The molecule has 7 heteroatoms. The lowest BCUT2D eigenvalue weighted by molar-refractivity contribution is -0.118. The molecule has 0 bridgehead atoms. The number of sulfonamides is 1. The Hall–Kier alpha value is -2.25. The molecule has 1 N–H and O–H groups in total. The van der Waals surface area contributed by atoms with Crippen LogP contribution in [0, 0.1) is 6.92 Å². The molecule has 5 nitrogen and oxygen atoms in total. The molecule has 118 valence electrons. The van der Waals surface area contributed by atoms with Gasteiger partial charge in [0.15, 0.2) is 0 Å². The highest BCUT2D eigenvalue weighted by Gasteiger charge is 2.19. The number of aromatic nitrogens is 1. The van der Waals surface area contributed by atoms with Crippen LogP contribution >= 0.6 is 11.3 Å². The molecule has 0 fully saturated rings. The summed E-state index contributed by atoms with van der Waals surface area (Å²) in [5.74, 6) is -0.569. The van der Waals surface area contributed by atoms with Crippen LogP contribution in [0.25, 0.3) is 10.2 Å². The normalized spacial score (nSPS) is 11.5. The van der Waals surface area contributed by atoms with Crippen LogP contribution in [0.2, 0.25) is 0 Å². The Morgan fingerprint density at radius 3 is 2.70 bits per heavy atom. The second kappa shape index (κ2) is 6.10. The molecule has 0 aliphatic heterocycles. The summed E-state index contributed by atoms with van der Waals surface area (Å²) in [7, 11) is -3.91. The minimum absolute atomic E-state index is 0.00812. The van der Waals surface area contributed by atoms with E-state index < -0.39 is 15.9 Å². The van der Waals surface area contributed by atoms with Crippen LogP contribution in [0.15, 0.2) is 52.9 Å². The van der Waals surface area contributed by atoms with Crippen molar-refractivity contribution in [2.45, 2.75) is 18.2 Å². The average molecular weight is 346 g/mol. The van der Waals surface area contributed by atoms with E-state index >= 15 is 0 Å². The Balaban J connectivity index is 1.77. The number of nitrogens with zero attached hydrogens (tertiary/aromatic N) is 1. The maximum Gasteiger partial charge on any atom is 0.265 e. The summed E-state index contributed by atoms with van der Waals surface area (Å²) < 4.78 is 27.4. The van der Waals surface area contributed by atoms with Crippen molar-refractivity contribution in [2.75, 3.05) is 0 Å². The third kappa shape index (κ3) is 3.57. The zero-order valence-electron chi connectivity index (χ0n) is 12.3. The molecule has 0 unspecified atom stereocenters. The van der Waals surface area contributed by atoms with Gasteiger partial charge in [-0.15, -0.1) is 11.3 Å². The molecular weight excluding hydrogens is 332 g/mol. The van der Waals surface area contributed by atoms with Gasteiger partial charge >= 0.3 is 0 Å². The number of pyridine rings is 1. The molecule has 1 aromatic carbocycles. The summed E-state index contributed by atoms with van der Waals surface area (Å²) >= 11 is 1.40. The number of benzene rings is 1. The first-order chi connectivity index (χ1) is 10.9. The van der Waals surface area contributed by atoms with Crippen molar-refractivity contribution in [3.8, 4) is 0 Å². The summed E-state index contributed by atoms with van der Waals surface area (Å²) in [6.07, 6.45) is 1.27. The second-order valence-electron chi connectivity index (χ2n) is 5.17. The van der Waals surface area contributed by atoms with Crippen molar-refractivity contribution in [2.24, 2.45) is 0 Å². The maximum absolute atomic E-state index is 12.3. The number of nitrogens with one attached hydrogen (secondary N) is 1. The molecule has 3 aromatic rings. The Morgan fingerprint density at radius 2 is 1.96 bits per heavy atom. The van der Waals surface area contributed by atoms with Gasteiger partial charge in [-0.25, -0.2) is 13.1 Å². The Bertz CT molecular complexity index is 960. The van der Waals surface area contributed by atoms with Crippen LogP contribution in [-0.4, -0.2) is 19.3 Å². The van der Waals surface area contributed by atoms with Crippen molar-refractivity contribution in [3.05, 3.63) is 59.1 Å². The molecular formula is C16H14N2O3S2. The number of hydrogen-bond donors (Lipinski definition) is 1. The highest BCUT2D eigenvalue weighted by molar-refractivity contribution is 7.90. The smallest absolute Gasteiger partial charge is 0.265 e. The van der Waals surface area contributed by atoms with Gasteiger partial charge in [-0.2, -0.15) is 0 Å². The molecule has 1 amide bonds. The number of thiophene rings is 1. The molecule has 0 spiro atoms. The lowest BCUT2D eigenvalue weighted by atomic mass is 10.1. The molecule has 0 saturated heterocycles.